The largest absolute Gasteiger partial charge is 0.489 e. The number of benzene rings is 2. The Bertz CT molecular complexity index is 677. The summed E-state index contributed by atoms with van der Waals surface area (Å²) in [6.07, 6.45) is 0. The van der Waals surface area contributed by atoms with Crippen LogP contribution in [0.1, 0.15) is 33.2 Å². The summed E-state index contributed by atoms with van der Waals surface area (Å²) in [5.74, 6) is -0.516. The molecule has 0 aromatic heterocycles. The molecule has 2 aromatic rings. The van der Waals surface area contributed by atoms with E-state index in [1.807, 2.05) is 0 Å². The molecule has 2 aromatic carbocycles. The minimum Gasteiger partial charge on any atom is -0.489 e. The highest BCUT2D eigenvalue weighted by Crippen LogP contribution is 2.23. The first kappa shape index (κ1) is 15.1. The van der Waals surface area contributed by atoms with Crippen LogP contribution in [0.5, 0.6) is 5.75 Å². The fourth-order valence-corrected chi connectivity index (χ4v) is 2.08. The second-order valence-electron chi connectivity index (χ2n) is 4.49. The van der Waals surface area contributed by atoms with Crippen LogP contribution in [-0.2, 0) is 6.61 Å². The molecule has 0 spiro atoms. The Kier molecular flexibility index (Phi) is 4.60. The van der Waals surface area contributed by atoms with Crippen LogP contribution in [0.15, 0.2) is 42.5 Å². The molecule has 1 N–H and O–H groups in total. The van der Waals surface area contributed by atoms with Crippen LogP contribution < -0.4 is 4.74 Å². The van der Waals surface area contributed by atoms with E-state index in [9.17, 15) is 9.59 Å². The van der Waals surface area contributed by atoms with Crippen LogP contribution in [0.3, 0.4) is 0 Å². The van der Waals surface area contributed by atoms with Crippen LogP contribution in [0, 0.1) is 0 Å². The van der Waals surface area contributed by atoms with Gasteiger partial charge >= 0.3 is 5.97 Å². The highest BCUT2D eigenvalue weighted by Gasteiger charge is 2.07. The molecule has 0 aliphatic carbocycles. The molecule has 0 saturated heterocycles. The Labute approximate surface area is 126 Å². The molecule has 0 radical (unpaired) electrons. The van der Waals surface area contributed by atoms with Crippen molar-refractivity contribution in [1.82, 2.24) is 0 Å². The standard InChI is InChI=1S/C16H13ClO4/c1-10(18)14-7-6-13(8-15(14)17)21-9-11-2-4-12(5-3-11)16(19)20/h2-8H,9H2,1H3,(H,19,20). The highest BCUT2D eigenvalue weighted by atomic mass is 35.5. The summed E-state index contributed by atoms with van der Waals surface area (Å²) in [5, 5.41) is 9.16. The number of carbonyl (C=O) groups is 2. The van der Waals surface area contributed by atoms with E-state index in [4.69, 9.17) is 21.4 Å². The maximum Gasteiger partial charge on any atom is 0.335 e. The lowest BCUT2D eigenvalue weighted by Gasteiger charge is -2.08. The summed E-state index contributed by atoms with van der Waals surface area (Å²) in [7, 11) is 0. The molecule has 0 fully saturated rings. The third-order valence-electron chi connectivity index (χ3n) is 2.93. The van der Waals surface area contributed by atoms with E-state index in [0.717, 1.165) is 5.56 Å². The zero-order valence-corrected chi connectivity index (χ0v) is 12.1. The van der Waals surface area contributed by atoms with Gasteiger partial charge < -0.3 is 9.84 Å². The first-order valence-corrected chi connectivity index (χ1v) is 6.60. The number of Topliss-reactive ketones (excluding diaryl/α,β-unsaturated/α-hetero) is 1. The van der Waals surface area contributed by atoms with Gasteiger partial charge in [0.1, 0.15) is 12.4 Å². The first-order chi connectivity index (χ1) is 9.97. The molecule has 5 heteroatoms. The maximum absolute atomic E-state index is 11.3. The third kappa shape index (κ3) is 3.83. The zero-order chi connectivity index (χ0) is 15.4. The number of hydrogen-bond acceptors (Lipinski definition) is 3. The lowest BCUT2D eigenvalue weighted by molar-refractivity contribution is 0.0696. The van der Waals surface area contributed by atoms with Crippen molar-refractivity contribution in [3.05, 3.63) is 64.2 Å². The molecule has 2 rings (SSSR count). The van der Waals surface area contributed by atoms with Gasteiger partial charge in [0.25, 0.3) is 0 Å². The molecule has 4 nitrogen and oxygen atoms in total. The van der Waals surface area contributed by atoms with Crippen molar-refractivity contribution in [1.29, 1.82) is 0 Å². The molecular formula is C16H13ClO4. The van der Waals surface area contributed by atoms with E-state index in [0.29, 0.717) is 16.3 Å². The third-order valence-corrected chi connectivity index (χ3v) is 3.24. The Hall–Kier alpha value is -2.33. The van der Waals surface area contributed by atoms with Crippen molar-refractivity contribution in [2.75, 3.05) is 0 Å². The van der Waals surface area contributed by atoms with E-state index in [1.54, 1.807) is 30.3 Å². The van der Waals surface area contributed by atoms with E-state index in [2.05, 4.69) is 0 Å². The van der Waals surface area contributed by atoms with Gasteiger partial charge in [-0.1, -0.05) is 23.7 Å². The van der Waals surface area contributed by atoms with Gasteiger partial charge in [0, 0.05) is 5.56 Å². The summed E-state index contributed by atoms with van der Waals surface area (Å²) in [6.45, 7) is 1.74. The monoisotopic (exact) mass is 304 g/mol. The fourth-order valence-electron chi connectivity index (χ4n) is 1.78. The van der Waals surface area contributed by atoms with E-state index in [-0.39, 0.29) is 18.0 Å². The number of halogens is 1. The minimum absolute atomic E-state index is 0.101. The van der Waals surface area contributed by atoms with E-state index >= 15 is 0 Å². The Morgan fingerprint density at radius 3 is 2.33 bits per heavy atom. The predicted octanol–water partition coefficient (Wildman–Crippen LogP) is 3.82. The van der Waals surface area contributed by atoms with E-state index in [1.165, 1.54) is 19.1 Å². The molecule has 0 saturated carbocycles. The number of rotatable bonds is 5. The van der Waals surface area contributed by atoms with Crippen LogP contribution in [0.25, 0.3) is 0 Å². The van der Waals surface area contributed by atoms with Gasteiger partial charge in [-0.25, -0.2) is 4.79 Å². The lowest BCUT2D eigenvalue weighted by Crippen LogP contribution is -1.99. The number of ketones is 1. The van der Waals surface area contributed by atoms with Crippen LogP contribution in [0.4, 0.5) is 0 Å². The van der Waals surface area contributed by atoms with Crippen molar-refractivity contribution in [2.24, 2.45) is 0 Å². The highest BCUT2D eigenvalue weighted by molar-refractivity contribution is 6.34. The fraction of sp³-hybridized carbons (Fsp3) is 0.125. The van der Waals surface area contributed by atoms with Gasteiger partial charge in [-0.3, -0.25) is 4.79 Å². The normalized spacial score (nSPS) is 10.2. The van der Waals surface area contributed by atoms with Crippen LogP contribution in [-0.4, -0.2) is 16.9 Å². The molecule has 21 heavy (non-hydrogen) atoms. The number of carboxylic acid groups (broad SMARTS) is 1. The predicted molar refractivity (Wildman–Crippen MR) is 79.2 cm³/mol. The molecule has 0 bridgehead atoms. The van der Waals surface area contributed by atoms with Gasteiger partial charge in [-0.05, 0) is 42.8 Å². The van der Waals surface area contributed by atoms with Gasteiger partial charge in [-0.15, -0.1) is 0 Å². The summed E-state index contributed by atoms with van der Waals surface area (Å²) in [5.41, 5.74) is 1.52. The molecule has 0 atom stereocenters. The smallest absolute Gasteiger partial charge is 0.335 e. The SMILES string of the molecule is CC(=O)c1ccc(OCc2ccc(C(=O)O)cc2)cc1Cl. The average molecular weight is 305 g/mol. The van der Waals surface area contributed by atoms with E-state index < -0.39 is 5.97 Å². The zero-order valence-electron chi connectivity index (χ0n) is 11.3. The molecule has 0 aliphatic heterocycles. The quantitative estimate of drug-likeness (QED) is 0.853. The van der Waals surface area contributed by atoms with Gasteiger partial charge in [0.15, 0.2) is 5.78 Å². The van der Waals surface area contributed by atoms with Crippen molar-refractivity contribution in [3.8, 4) is 5.75 Å². The topological polar surface area (TPSA) is 63.6 Å². The van der Waals surface area contributed by atoms with Crippen molar-refractivity contribution >= 4 is 23.4 Å². The second-order valence-corrected chi connectivity index (χ2v) is 4.90. The molecular weight excluding hydrogens is 292 g/mol. The molecule has 108 valence electrons. The molecule has 0 amide bonds. The maximum atomic E-state index is 11.3. The number of hydrogen-bond donors (Lipinski definition) is 1. The molecule has 0 unspecified atom stereocenters. The second kappa shape index (κ2) is 6.41. The number of aromatic carboxylic acids is 1. The van der Waals surface area contributed by atoms with Crippen molar-refractivity contribution in [2.45, 2.75) is 13.5 Å². The summed E-state index contributed by atoms with van der Waals surface area (Å²) in [4.78, 5) is 22.0. The van der Waals surface area contributed by atoms with Crippen LogP contribution in [0.2, 0.25) is 5.02 Å². The summed E-state index contributed by atoms with van der Waals surface area (Å²) < 4.78 is 5.56. The summed E-state index contributed by atoms with van der Waals surface area (Å²) >= 11 is 6.00. The van der Waals surface area contributed by atoms with Gasteiger partial charge in [0.2, 0.25) is 0 Å². The Morgan fingerprint density at radius 2 is 1.81 bits per heavy atom. The molecule has 0 aliphatic rings. The summed E-state index contributed by atoms with van der Waals surface area (Å²) in [6, 6.07) is 11.3. The van der Waals surface area contributed by atoms with Crippen molar-refractivity contribution < 1.29 is 19.4 Å². The lowest BCUT2D eigenvalue weighted by atomic mass is 10.1. The first-order valence-electron chi connectivity index (χ1n) is 6.23. The number of carboxylic acids is 1. The average Bonchev–Trinajstić information content (AvgIpc) is 2.45. The Balaban J connectivity index is 2.04. The number of carbonyl (C=O) groups excluding carboxylic acids is 1. The Morgan fingerprint density at radius 1 is 1.14 bits per heavy atom. The minimum atomic E-state index is -0.964. The van der Waals surface area contributed by atoms with Gasteiger partial charge in [0.05, 0.1) is 10.6 Å². The van der Waals surface area contributed by atoms with Crippen molar-refractivity contribution in [3.63, 3.8) is 0 Å². The number of ether oxygens (including phenoxy) is 1. The van der Waals surface area contributed by atoms with Crippen LogP contribution >= 0.6 is 11.6 Å². The molecule has 0 heterocycles. The van der Waals surface area contributed by atoms with Gasteiger partial charge in [-0.2, -0.15) is 0 Å².